The van der Waals surface area contributed by atoms with Crippen molar-refractivity contribution in [3.05, 3.63) is 35.0 Å². The molecule has 1 amide bonds. The van der Waals surface area contributed by atoms with Crippen molar-refractivity contribution in [2.75, 3.05) is 13.1 Å². The first-order chi connectivity index (χ1) is 10.4. The molecular formula is C16H16ClNO4. The van der Waals surface area contributed by atoms with Crippen LogP contribution >= 0.6 is 11.6 Å². The molecule has 0 spiro atoms. The topological polar surface area (TPSA) is 70.8 Å². The summed E-state index contributed by atoms with van der Waals surface area (Å²) in [7, 11) is 0. The van der Waals surface area contributed by atoms with E-state index in [1.807, 2.05) is 0 Å². The zero-order valence-corrected chi connectivity index (χ0v) is 12.9. The van der Waals surface area contributed by atoms with E-state index >= 15 is 0 Å². The number of carbonyl (C=O) groups is 2. The summed E-state index contributed by atoms with van der Waals surface area (Å²) in [6.07, 6.45) is 1.24. The number of fused-ring (bicyclic) bond motifs is 1. The molecule has 1 saturated heterocycles. The minimum atomic E-state index is -0.900. The monoisotopic (exact) mass is 321 g/mol. The van der Waals surface area contributed by atoms with E-state index in [-0.39, 0.29) is 18.2 Å². The second kappa shape index (κ2) is 5.32. The van der Waals surface area contributed by atoms with Gasteiger partial charge < -0.3 is 14.4 Å². The van der Waals surface area contributed by atoms with Gasteiger partial charge in [0.05, 0.1) is 5.41 Å². The van der Waals surface area contributed by atoms with E-state index in [2.05, 4.69) is 0 Å². The normalized spacial score (nSPS) is 22.0. The van der Waals surface area contributed by atoms with E-state index in [4.69, 9.17) is 16.0 Å². The minimum absolute atomic E-state index is 0.193. The van der Waals surface area contributed by atoms with E-state index in [0.717, 1.165) is 5.39 Å². The van der Waals surface area contributed by atoms with Gasteiger partial charge in [0.15, 0.2) is 5.76 Å². The highest BCUT2D eigenvalue weighted by atomic mass is 35.5. The molecule has 1 aromatic heterocycles. The number of rotatable bonds is 2. The molecule has 3 rings (SSSR count). The number of benzene rings is 1. The summed E-state index contributed by atoms with van der Waals surface area (Å²) in [5, 5.41) is 10.7. The van der Waals surface area contributed by atoms with E-state index in [0.29, 0.717) is 30.0 Å². The molecule has 0 bridgehead atoms. The lowest BCUT2D eigenvalue weighted by molar-refractivity contribution is -0.150. The fraction of sp³-hybridized carbons (Fsp3) is 0.375. The zero-order chi connectivity index (χ0) is 15.9. The lowest BCUT2D eigenvalue weighted by atomic mass is 9.82. The van der Waals surface area contributed by atoms with Crippen LogP contribution in [0.25, 0.3) is 11.0 Å². The third kappa shape index (κ3) is 2.57. The Hall–Kier alpha value is -2.01. The van der Waals surface area contributed by atoms with Crippen LogP contribution in [0.3, 0.4) is 0 Å². The van der Waals surface area contributed by atoms with Crippen LogP contribution in [0.5, 0.6) is 0 Å². The van der Waals surface area contributed by atoms with Gasteiger partial charge in [0.2, 0.25) is 0 Å². The van der Waals surface area contributed by atoms with Crippen molar-refractivity contribution in [2.45, 2.75) is 19.8 Å². The van der Waals surface area contributed by atoms with Crippen LogP contribution in [0, 0.1) is 5.41 Å². The fourth-order valence-corrected chi connectivity index (χ4v) is 3.04. The average molecular weight is 322 g/mol. The molecule has 6 heteroatoms. The number of amides is 1. The number of carboxylic acid groups (broad SMARTS) is 1. The number of hydrogen-bond acceptors (Lipinski definition) is 3. The molecule has 116 valence electrons. The molecule has 1 atom stereocenters. The second-order valence-electron chi connectivity index (χ2n) is 5.99. The quantitative estimate of drug-likeness (QED) is 0.920. The first-order valence-corrected chi connectivity index (χ1v) is 7.49. The van der Waals surface area contributed by atoms with Crippen molar-refractivity contribution in [3.8, 4) is 0 Å². The lowest BCUT2D eigenvalue weighted by Gasteiger charge is -2.37. The number of hydrogen-bond donors (Lipinski definition) is 1. The number of piperidine rings is 1. The number of aliphatic carboxylic acids is 1. The third-order valence-electron chi connectivity index (χ3n) is 4.19. The van der Waals surface area contributed by atoms with Gasteiger partial charge in [-0.15, -0.1) is 0 Å². The van der Waals surface area contributed by atoms with E-state index in [1.165, 1.54) is 0 Å². The summed E-state index contributed by atoms with van der Waals surface area (Å²) < 4.78 is 5.57. The smallest absolute Gasteiger partial charge is 0.311 e. The Kier molecular flexibility index (Phi) is 3.60. The van der Waals surface area contributed by atoms with Crippen LogP contribution < -0.4 is 0 Å². The highest BCUT2D eigenvalue weighted by molar-refractivity contribution is 6.31. The highest BCUT2D eigenvalue weighted by Gasteiger charge is 2.40. The number of carbonyl (C=O) groups excluding carboxylic acids is 1. The number of furan rings is 1. The van der Waals surface area contributed by atoms with Crippen molar-refractivity contribution < 1.29 is 19.1 Å². The van der Waals surface area contributed by atoms with E-state index < -0.39 is 11.4 Å². The Labute approximate surface area is 132 Å². The molecule has 22 heavy (non-hydrogen) atoms. The van der Waals surface area contributed by atoms with Crippen LogP contribution in [0.1, 0.15) is 30.3 Å². The first-order valence-electron chi connectivity index (χ1n) is 7.11. The van der Waals surface area contributed by atoms with Gasteiger partial charge in [0.1, 0.15) is 5.58 Å². The molecule has 2 heterocycles. The van der Waals surface area contributed by atoms with E-state index in [1.54, 1.807) is 36.1 Å². The average Bonchev–Trinajstić information content (AvgIpc) is 2.89. The molecule has 1 aliphatic rings. The Balaban J connectivity index is 1.87. The van der Waals surface area contributed by atoms with Crippen molar-refractivity contribution in [3.63, 3.8) is 0 Å². The van der Waals surface area contributed by atoms with Gasteiger partial charge in [0.25, 0.3) is 5.91 Å². The molecule has 1 N–H and O–H groups in total. The maximum absolute atomic E-state index is 12.6. The standard InChI is InChI=1S/C16H16ClNO4/c1-16(15(20)21)5-2-6-18(9-16)14(19)13-8-10-7-11(17)3-4-12(10)22-13/h3-4,7-8H,2,5-6,9H2,1H3,(H,20,21). The summed E-state index contributed by atoms with van der Waals surface area (Å²) in [5.74, 6) is -0.937. The molecule has 1 fully saturated rings. The SMILES string of the molecule is CC1(C(=O)O)CCCN(C(=O)c2cc3cc(Cl)ccc3o2)C1. The molecule has 0 aliphatic carbocycles. The van der Waals surface area contributed by atoms with Crippen LogP contribution in [-0.4, -0.2) is 35.0 Å². The third-order valence-corrected chi connectivity index (χ3v) is 4.42. The number of halogens is 1. The van der Waals surface area contributed by atoms with Gasteiger partial charge in [-0.2, -0.15) is 0 Å². The summed E-state index contributed by atoms with van der Waals surface area (Å²) in [6, 6.07) is 6.79. The minimum Gasteiger partial charge on any atom is -0.481 e. The summed E-state index contributed by atoms with van der Waals surface area (Å²) in [5.41, 5.74) is -0.311. The molecule has 0 radical (unpaired) electrons. The van der Waals surface area contributed by atoms with Crippen molar-refractivity contribution in [1.82, 2.24) is 4.90 Å². The molecule has 1 aliphatic heterocycles. The Morgan fingerprint density at radius 2 is 2.14 bits per heavy atom. The number of carboxylic acids is 1. The molecule has 1 aromatic carbocycles. The maximum atomic E-state index is 12.6. The molecule has 1 unspecified atom stereocenters. The van der Waals surface area contributed by atoms with Crippen LogP contribution in [0.15, 0.2) is 28.7 Å². The predicted octanol–water partition coefficient (Wildman–Crippen LogP) is 3.41. The van der Waals surface area contributed by atoms with Crippen LogP contribution in [0.2, 0.25) is 5.02 Å². The Bertz CT molecular complexity index is 754. The zero-order valence-electron chi connectivity index (χ0n) is 12.1. The summed E-state index contributed by atoms with van der Waals surface area (Å²) in [6.45, 7) is 2.41. The van der Waals surface area contributed by atoms with Crippen molar-refractivity contribution in [2.24, 2.45) is 5.41 Å². The molecular weight excluding hydrogens is 306 g/mol. The maximum Gasteiger partial charge on any atom is 0.311 e. The largest absolute Gasteiger partial charge is 0.481 e. The predicted molar refractivity (Wildman–Crippen MR) is 82.1 cm³/mol. The van der Waals surface area contributed by atoms with Gasteiger partial charge >= 0.3 is 5.97 Å². The molecule has 0 saturated carbocycles. The van der Waals surface area contributed by atoms with Gasteiger partial charge in [-0.3, -0.25) is 9.59 Å². The summed E-state index contributed by atoms with van der Waals surface area (Å²) in [4.78, 5) is 25.5. The molecule has 5 nitrogen and oxygen atoms in total. The van der Waals surface area contributed by atoms with Gasteiger partial charge in [-0.1, -0.05) is 11.6 Å². The van der Waals surface area contributed by atoms with Gasteiger partial charge in [-0.05, 0) is 44.0 Å². The van der Waals surface area contributed by atoms with Crippen LogP contribution in [0.4, 0.5) is 0 Å². The van der Waals surface area contributed by atoms with Gasteiger partial charge in [-0.25, -0.2) is 0 Å². The Morgan fingerprint density at radius 1 is 1.36 bits per heavy atom. The van der Waals surface area contributed by atoms with E-state index in [9.17, 15) is 14.7 Å². The number of likely N-dealkylation sites (tertiary alicyclic amines) is 1. The van der Waals surface area contributed by atoms with Crippen molar-refractivity contribution in [1.29, 1.82) is 0 Å². The summed E-state index contributed by atoms with van der Waals surface area (Å²) >= 11 is 5.93. The molecule has 2 aromatic rings. The lowest BCUT2D eigenvalue weighted by Crippen LogP contribution is -2.48. The van der Waals surface area contributed by atoms with Gasteiger partial charge in [0, 0.05) is 23.5 Å². The second-order valence-corrected chi connectivity index (χ2v) is 6.43. The van der Waals surface area contributed by atoms with Crippen molar-refractivity contribution >= 4 is 34.4 Å². The first kappa shape index (κ1) is 14.9. The number of nitrogens with zero attached hydrogens (tertiary/aromatic N) is 1. The fourth-order valence-electron chi connectivity index (χ4n) is 2.86. The Morgan fingerprint density at radius 3 is 2.86 bits per heavy atom. The highest BCUT2D eigenvalue weighted by Crippen LogP contribution is 2.31. The van der Waals surface area contributed by atoms with Crippen LogP contribution in [-0.2, 0) is 4.79 Å².